The fourth-order valence-electron chi connectivity index (χ4n) is 2.97. The first-order chi connectivity index (χ1) is 11.2. The van der Waals surface area contributed by atoms with Crippen LogP contribution in [-0.4, -0.2) is 35.4 Å². The van der Waals surface area contributed by atoms with Crippen molar-refractivity contribution in [3.8, 4) is 0 Å². The molecule has 1 atom stereocenters. The standard InChI is InChI=1S/C18H23N3O2/c1-20-12-15(11-19-20)7-8-18(22)23-14-16-9-10-21(13-16)17-5-3-2-4-6-17/h2-6,11-12,16H,7-10,13-14H2,1H3/t16-/m1/s1. The molecule has 2 aromatic rings. The van der Waals surface area contributed by atoms with Gasteiger partial charge in [0.2, 0.25) is 0 Å². The number of anilines is 1. The molecule has 0 spiro atoms. The first-order valence-corrected chi connectivity index (χ1v) is 8.14. The summed E-state index contributed by atoms with van der Waals surface area (Å²) < 4.78 is 7.19. The van der Waals surface area contributed by atoms with Crippen LogP contribution in [0.1, 0.15) is 18.4 Å². The highest BCUT2D eigenvalue weighted by atomic mass is 16.5. The first-order valence-electron chi connectivity index (χ1n) is 8.14. The maximum Gasteiger partial charge on any atom is 0.306 e. The Hall–Kier alpha value is -2.30. The molecule has 0 radical (unpaired) electrons. The Labute approximate surface area is 136 Å². The van der Waals surface area contributed by atoms with E-state index in [2.05, 4.69) is 34.3 Å². The van der Waals surface area contributed by atoms with E-state index in [0.717, 1.165) is 25.1 Å². The average molecular weight is 313 g/mol. The normalized spacial score (nSPS) is 17.4. The minimum atomic E-state index is -0.119. The zero-order chi connectivity index (χ0) is 16.1. The van der Waals surface area contributed by atoms with Crippen LogP contribution in [0.4, 0.5) is 5.69 Å². The van der Waals surface area contributed by atoms with Crippen LogP contribution in [0.2, 0.25) is 0 Å². The molecule has 122 valence electrons. The van der Waals surface area contributed by atoms with Gasteiger partial charge in [0, 0.05) is 44.4 Å². The number of nitrogens with zero attached hydrogens (tertiary/aromatic N) is 3. The molecular weight excluding hydrogens is 290 g/mol. The van der Waals surface area contributed by atoms with Crippen LogP contribution in [-0.2, 0) is 23.0 Å². The van der Waals surface area contributed by atoms with Crippen LogP contribution in [0.25, 0.3) is 0 Å². The molecule has 5 heteroatoms. The molecule has 0 amide bonds. The van der Waals surface area contributed by atoms with Crippen molar-refractivity contribution in [3.63, 3.8) is 0 Å². The number of ether oxygens (including phenoxy) is 1. The van der Waals surface area contributed by atoms with E-state index in [0.29, 0.717) is 25.4 Å². The highest BCUT2D eigenvalue weighted by Crippen LogP contribution is 2.23. The van der Waals surface area contributed by atoms with Crippen molar-refractivity contribution in [3.05, 3.63) is 48.3 Å². The quantitative estimate of drug-likeness (QED) is 0.769. The van der Waals surface area contributed by atoms with E-state index >= 15 is 0 Å². The van der Waals surface area contributed by atoms with Gasteiger partial charge in [0.05, 0.1) is 12.8 Å². The Morgan fingerprint density at radius 1 is 1.35 bits per heavy atom. The van der Waals surface area contributed by atoms with Gasteiger partial charge >= 0.3 is 5.97 Å². The zero-order valence-electron chi connectivity index (χ0n) is 13.5. The van der Waals surface area contributed by atoms with Crippen molar-refractivity contribution < 1.29 is 9.53 Å². The van der Waals surface area contributed by atoms with Crippen molar-refractivity contribution in [2.24, 2.45) is 13.0 Å². The summed E-state index contributed by atoms with van der Waals surface area (Å²) in [5, 5.41) is 4.10. The molecule has 1 aliphatic rings. The summed E-state index contributed by atoms with van der Waals surface area (Å²) in [6.45, 7) is 2.51. The molecule has 2 heterocycles. The van der Waals surface area contributed by atoms with E-state index in [-0.39, 0.29) is 5.97 Å². The Morgan fingerprint density at radius 3 is 2.91 bits per heavy atom. The summed E-state index contributed by atoms with van der Waals surface area (Å²) in [5.74, 6) is 0.310. The maximum atomic E-state index is 11.9. The minimum Gasteiger partial charge on any atom is -0.465 e. The molecule has 0 unspecified atom stereocenters. The summed E-state index contributed by atoms with van der Waals surface area (Å²) >= 11 is 0. The first kappa shape index (κ1) is 15.6. The van der Waals surface area contributed by atoms with Gasteiger partial charge in [0.1, 0.15) is 0 Å². The molecule has 1 aromatic heterocycles. The number of esters is 1. The predicted molar refractivity (Wildman–Crippen MR) is 89.3 cm³/mol. The van der Waals surface area contributed by atoms with E-state index in [1.165, 1.54) is 5.69 Å². The van der Waals surface area contributed by atoms with Crippen LogP contribution < -0.4 is 4.90 Å². The molecule has 1 saturated heterocycles. The molecule has 5 nitrogen and oxygen atoms in total. The Balaban J connectivity index is 1.38. The van der Waals surface area contributed by atoms with Crippen LogP contribution in [0, 0.1) is 5.92 Å². The summed E-state index contributed by atoms with van der Waals surface area (Å²) in [4.78, 5) is 14.2. The SMILES string of the molecule is Cn1cc(CCC(=O)OC[C@@H]2CCN(c3ccccc3)C2)cn1. The monoisotopic (exact) mass is 313 g/mol. The molecule has 0 aliphatic carbocycles. The van der Waals surface area contributed by atoms with Crippen molar-refractivity contribution in [1.82, 2.24) is 9.78 Å². The fraction of sp³-hybridized carbons (Fsp3) is 0.444. The molecule has 1 fully saturated rings. The number of rotatable bonds is 6. The molecule has 23 heavy (non-hydrogen) atoms. The van der Waals surface area contributed by atoms with Crippen molar-refractivity contribution in [2.45, 2.75) is 19.3 Å². The summed E-state index contributed by atoms with van der Waals surface area (Å²) in [7, 11) is 1.88. The number of hydrogen-bond donors (Lipinski definition) is 0. The van der Waals surface area contributed by atoms with Crippen LogP contribution in [0.3, 0.4) is 0 Å². The number of hydrogen-bond acceptors (Lipinski definition) is 4. The summed E-state index contributed by atoms with van der Waals surface area (Å²) in [5.41, 5.74) is 2.32. The molecular formula is C18H23N3O2. The average Bonchev–Trinajstić information content (AvgIpc) is 3.21. The second kappa shape index (κ2) is 7.31. The third kappa shape index (κ3) is 4.34. The van der Waals surface area contributed by atoms with Gasteiger partial charge in [-0.05, 0) is 30.5 Å². The molecule has 0 bridgehead atoms. The largest absolute Gasteiger partial charge is 0.465 e. The maximum absolute atomic E-state index is 11.9. The lowest BCUT2D eigenvalue weighted by atomic mass is 10.1. The van der Waals surface area contributed by atoms with Crippen molar-refractivity contribution in [1.29, 1.82) is 0 Å². The number of carbonyl (C=O) groups excluding carboxylic acids is 1. The zero-order valence-corrected chi connectivity index (χ0v) is 13.5. The van der Waals surface area contributed by atoms with Gasteiger partial charge in [0.15, 0.2) is 0 Å². The van der Waals surface area contributed by atoms with Crippen LogP contribution in [0.5, 0.6) is 0 Å². The smallest absolute Gasteiger partial charge is 0.306 e. The number of carbonyl (C=O) groups is 1. The third-order valence-electron chi connectivity index (χ3n) is 4.26. The molecule has 0 N–H and O–H groups in total. The lowest BCUT2D eigenvalue weighted by Gasteiger charge is -2.18. The van der Waals surface area contributed by atoms with Crippen molar-refractivity contribution in [2.75, 3.05) is 24.6 Å². The van der Waals surface area contributed by atoms with Gasteiger partial charge in [-0.15, -0.1) is 0 Å². The number of benzene rings is 1. The molecule has 3 rings (SSSR count). The highest BCUT2D eigenvalue weighted by Gasteiger charge is 2.23. The van der Waals surface area contributed by atoms with Gasteiger partial charge in [-0.25, -0.2) is 0 Å². The Bertz CT molecular complexity index is 639. The topological polar surface area (TPSA) is 47.4 Å². The van der Waals surface area contributed by atoms with Gasteiger partial charge < -0.3 is 9.64 Å². The van der Waals surface area contributed by atoms with E-state index in [1.807, 2.05) is 19.3 Å². The van der Waals surface area contributed by atoms with Crippen LogP contribution in [0.15, 0.2) is 42.7 Å². The minimum absolute atomic E-state index is 0.119. The molecule has 1 aromatic carbocycles. The Kier molecular flexibility index (Phi) is 4.95. The second-order valence-corrected chi connectivity index (χ2v) is 6.14. The van der Waals surface area contributed by atoms with Gasteiger partial charge in [0.25, 0.3) is 0 Å². The second-order valence-electron chi connectivity index (χ2n) is 6.14. The lowest BCUT2D eigenvalue weighted by molar-refractivity contribution is -0.144. The van der Waals surface area contributed by atoms with Crippen molar-refractivity contribution >= 4 is 11.7 Å². The summed E-state index contributed by atoms with van der Waals surface area (Å²) in [6, 6.07) is 10.4. The van der Waals surface area contributed by atoms with Gasteiger partial charge in [-0.1, -0.05) is 18.2 Å². The van der Waals surface area contributed by atoms with E-state index in [4.69, 9.17) is 4.74 Å². The third-order valence-corrected chi connectivity index (χ3v) is 4.26. The van der Waals surface area contributed by atoms with Gasteiger partial charge in [-0.3, -0.25) is 9.48 Å². The predicted octanol–water partition coefficient (Wildman–Crippen LogP) is 2.42. The lowest BCUT2D eigenvalue weighted by Crippen LogP contribution is -2.22. The van der Waals surface area contributed by atoms with E-state index in [1.54, 1.807) is 10.9 Å². The highest BCUT2D eigenvalue weighted by molar-refractivity contribution is 5.69. The van der Waals surface area contributed by atoms with E-state index in [9.17, 15) is 4.79 Å². The summed E-state index contributed by atoms with van der Waals surface area (Å²) in [6.07, 6.45) is 5.91. The molecule has 1 aliphatic heterocycles. The van der Waals surface area contributed by atoms with E-state index < -0.39 is 0 Å². The molecule has 0 saturated carbocycles. The Morgan fingerprint density at radius 2 is 2.17 bits per heavy atom. The number of para-hydroxylation sites is 1. The van der Waals surface area contributed by atoms with Crippen LogP contribution >= 0.6 is 0 Å². The van der Waals surface area contributed by atoms with Gasteiger partial charge in [-0.2, -0.15) is 5.10 Å². The fourth-order valence-corrected chi connectivity index (χ4v) is 2.97. The number of aryl methyl sites for hydroxylation is 2. The number of aromatic nitrogens is 2.